The van der Waals surface area contributed by atoms with Crippen LogP contribution in [0.2, 0.25) is 0 Å². The Bertz CT molecular complexity index is 1800. The maximum absolute atomic E-state index is 12.5. The zero-order valence-electron chi connectivity index (χ0n) is 26.2. The minimum atomic E-state index is -1.02. The summed E-state index contributed by atoms with van der Waals surface area (Å²) in [7, 11) is 3.27. The van der Waals surface area contributed by atoms with Gasteiger partial charge in [-0.05, 0) is 42.5 Å². The summed E-state index contributed by atoms with van der Waals surface area (Å²) in [6.45, 7) is 6.05. The third-order valence-corrected chi connectivity index (χ3v) is 7.29. The summed E-state index contributed by atoms with van der Waals surface area (Å²) < 4.78 is 12.8. The predicted octanol–water partition coefficient (Wildman–Crippen LogP) is 5.37. The molecule has 46 heavy (non-hydrogen) atoms. The first-order valence-corrected chi connectivity index (χ1v) is 14.9. The number of nitrogens with zero attached hydrogens (tertiary/aromatic N) is 5. The molecule has 238 valence electrons. The van der Waals surface area contributed by atoms with Crippen molar-refractivity contribution in [2.24, 2.45) is 0 Å². The summed E-state index contributed by atoms with van der Waals surface area (Å²) in [5.74, 6) is 0.167. The topological polar surface area (TPSA) is 144 Å². The third kappa shape index (κ3) is 7.96. The van der Waals surface area contributed by atoms with Gasteiger partial charge in [0.2, 0.25) is 5.91 Å². The van der Waals surface area contributed by atoms with E-state index in [9.17, 15) is 9.59 Å². The second kappa shape index (κ2) is 14.5. The van der Waals surface area contributed by atoms with Crippen molar-refractivity contribution < 1.29 is 24.2 Å². The van der Waals surface area contributed by atoms with Crippen molar-refractivity contribution >= 4 is 40.0 Å². The van der Waals surface area contributed by atoms with E-state index in [0.717, 1.165) is 34.5 Å². The van der Waals surface area contributed by atoms with Gasteiger partial charge >= 0.3 is 5.97 Å². The standard InChI is InChI=1S/C34H37N7O5/c1-22(2)35-12-14-41(27-15-28(45-3)18-29(16-27)46-4)26-9-10-30-31(17-26)39-32(20-36-30)24-19-37-40(21-24)13-11-33(42)38-25-7-5-23(6-8-25)34(43)44/h5-10,15-22,35H,11-14H2,1-4H3,(H,38,42)(H,43,44). The minimum Gasteiger partial charge on any atom is -0.497 e. The second-order valence-corrected chi connectivity index (χ2v) is 10.9. The van der Waals surface area contributed by atoms with Gasteiger partial charge in [0.05, 0.1) is 48.9 Å². The lowest BCUT2D eigenvalue weighted by molar-refractivity contribution is -0.116. The number of anilines is 3. The Labute approximate surface area is 267 Å². The quantitative estimate of drug-likeness (QED) is 0.148. The van der Waals surface area contributed by atoms with Gasteiger partial charge in [-0.15, -0.1) is 0 Å². The fourth-order valence-corrected chi connectivity index (χ4v) is 4.88. The van der Waals surface area contributed by atoms with Crippen molar-refractivity contribution in [2.75, 3.05) is 37.5 Å². The van der Waals surface area contributed by atoms with Gasteiger partial charge in [0.25, 0.3) is 0 Å². The van der Waals surface area contributed by atoms with E-state index in [4.69, 9.17) is 19.6 Å². The molecule has 2 aromatic heterocycles. The molecule has 2 heterocycles. The summed E-state index contributed by atoms with van der Waals surface area (Å²) in [5, 5.41) is 19.7. The number of amides is 1. The first-order valence-electron chi connectivity index (χ1n) is 14.9. The Morgan fingerprint density at radius 1 is 0.935 bits per heavy atom. The lowest BCUT2D eigenvalue weighted by Gasteiger charge is -2.27. The van der Waals surface area contributed by atoms with Crippen molar-refractivity contribution in [3.8, 4) is 22.8 Å². The van der Waals surface area contributed by atoms with Crippen LogP contribution in [0.25, 0.3) is 22.3 Å². The van der Waals surface area contributed by atoms with Gasteiger partial charge in [-0.1, -0.05) is 13.8 Å². The van der Waals surface area contributed by atoms with E-state index < -0.39 is 5.97 Å². The lowest BCUT2D eigenvalue weighted by atomic mass is 10.2. The fourth-order valence-electron chi connectivity index (χ4n) is 4.88. The molecule has 5 aromatic rings. The number of methoxy groups -OCH3 is 2. The maximum atomic E-state index is 12.5. The first-order chi connectivity index (χ1) is 22.2. The molecular formula is C34H37N7O5. The highest BCUT2D eigenvalue weighted by atomic mass is 16.5. The summed E-state index contributed by atoms with van der Waals surface area (Å²) >= 11 is 0. The Balaban J connectivity index is 1.33. The fraction of sp³-hybridized carbons (Fsp3) is 0.265. The molecule has 0 aliphatic heterocycles. The SMILES string of the molecule is COc1cc(OC)cc(N(CCNC(C)C)c2ccc3ncc(-c4cnn(CCC(=O)Nc5ccc(C(=O)O)cc5)c4)nc3c2)c1. The predicted molar refractivity (Wildman–Crippen MR) is 177 cm³/mol. The molecule has 0 aliphatic rings. The van der Waals surface area contributed by atoms with Crippen LogP contribution < -0.4 is 25.0 Å². The van der Waals surface area contributed by atoms with E-state index in [1.54, 1.807) is 43.4 Å². The molecule has 12 nitrogen and oxygen atoms in total. The molecule has 0 radical (unpaired) electrons. The number of nitrogens with one attached hydrogen (secondary N) is 2. The number of aromatic nitrogens is 4. The summed E-state index contributed by atoms with van der Waals surface area (Å²) in [4.78, 5) is 35.3. The summed E-state index contributed by atoms with van der Waals surface area (Å²) in [6.07, 6.45) is 5.44. The molecule has 0 fully saturated rings. The largest absolute Gasteiger partial charge is 0.497 e. The zero-order valence-corrected chi connectivity index (χ0v) is 26.2. The smallest absolute Gasteiger partial charge is 0.335 e. The molecule has 0 atom stereocenters. The number of carboxylic acids is 1. The highest BCUT2D eigenvalue weighted by Gasteiger charge is 2.15. The summed E-state index contributed by atoms with van der Waals surface area (Å²) in [6, 6.07) is 18.2. The third-order valence-electron chi connectivity index (χ3n) is 7.29. The van der Waals surface area contributed by atoms with E-state index in [2.05, 4.69) is 39.5 Å². The van der Waals surface area contributed by atoms with Crippen LogP contribution in [0.15, 0.2) is 79.3 Å². The number of hydrogen-bond acceptors (Lipinski definition) is 9. The van der Waals surface area contributed by atoms with E-state index >= 15 is 0 Å². The molecule has 0 saturated carbocycles. The van der Waals surface area contributed by atoms with Crippen molar-refractivity contribution in [2.45, 2.75) is 32.9 Å². The number of benzene rings is 3. The molecular weight excluding hydrogens is 586 g/mol. The van der Waals surface area contributed by atoms with Crippen LogP contribution in [0.4, 0.5) is 17.1 Å². The van der Waals surface area contributed by atoms with Gasteiger partial charge in [0.15, 0.2) is 0 Å². The highest BCUT2D eigenvalue weighted by Crippen LogP contribution is 2.34. The van der Waals surface area contributed by atoms with Gasteiger partial charge in [-0.2, -0.15) is 5.10 Å². The molecule has 12 heteroatoms. The number of rotatable bonds is 14. The van der Waals surface area contributed by atoms with Crippen molar-refractivity contribution in [3.05, 3.63) is 84.8 Å². The van der Waals surface area contributed by atoms with Gasteiger partial charge in [-0.3, -0.25) is 14.5 Å². The zero-order chi connectivity index (χ0) is 32.6. The van der Waals surface area contributed by atoms with Crippen LogP contribution in [0, 0.1) is 0 Å². The number of carbonyl (C=O) groups is 2. The van der Waals surface area contributed by atoms with Gasteiger partial charge < -0.3 is 30.1 Å². The van der Waals surface area contributed by atoms with Gasteiger partial charge in [0, 0.05) is 79.1 Å². The Kier molecular flexibility index (Phi) is 10.1. The van der Waals surface area contributed by atoms with Crippen LogP contribution in [-0.4, -0.2) is 70.1 Å². The first kappa shape index (κ1) is 31.9. The van der Waals surface area contributed by atoms with E-state index in [1.165, 1.54) is 12.1 Å². The number of carboxylic acid groups (broad SMARTS) is 1. The van der Waals surface area contributed by atoms with Crippen LogP contribution in [0.1, 0.15) is 30.6 Å². The number of fused-ring (bicyclic) bond motifs is 1. The van der Waals surface area contributed by atoms with Gasteiger partial charge in [0.1, 0.15) is 11.5 Å². The van der Waals surface area contributed by atoms with Crippen LogP contribution in [0.3, 0.4) is 0 Å². The Morgan fingerprint density at radius 2 is 1.67 bits per heavy atom. The van der Waals surface area contributed by atoms with Crippen molar-refractivity contribution in [1.82, 2.24) is 25.1 Å². The number of aromatic carboxylic acids is 1. The van der Waals surface area contributed by atoms with Crippen molar-refractivity contribution in [3.63, 3.8) is 0 Å². The van der Waals surface area contributed by atoms with E-state index in [0.29, 0.717) is 42.0 Å². The molecule has 0 bridgehead atoms. The second-order valence-electron chi connectivity index (χ2n) is 10.9. The molecule has 0 unspecified atom stereocenters. The number of ether oxygens (including phenoxy) is 2. The number of aryl methyl sites for hydroxylation is 1. The van der Waals surface area contributed by atoms with Crippen molar-refractivity contribution in [1.29, 1.82) is 0 Å². The van der Waals surface area contributed by atoms with Crippen LogP contribution in [-0.2, 0) is 11.3 Å². The highest BCUT2D eigenvalue weighted by molar-refractivity contribution is 5.92. The van der Waals surface area contributed by atoms with Crippen LogP contribution >= 0.6 is 0 Å². The van der Waals surface area contributed by atoms with Crippen LogP contribution in [0.5, 0.6) is 11.5 Å². The van der Waals surface area contributed by atoms with Gasteiger partial charge in [-0.25, -0.2) is 9.78 Å². The molecule has 0 spiro atoms. The minimum absolute atomic E-state index is 0.156. The average Bonchev–Trinajstić information content (AvgIpc) is 3.54. The average molecular weight is 624 g/mol. The maximum Gasteiger partial charge on any atom is 0.335 e. The molecule has 3 aromatic carbocycles. The molecule has 0 aliphatic carbocycles. The normalized spacial score (nSPS) is 11.1. The molecule has 0 saturated heterocycles. The summed E-state index contributed by atoms with van der Waals surface area (Å²) in [5.41, 5.74) is 5.48. The Hall–Kier alpha value is -5.49. The molecule has 3 N–H and O–H groups in total. The molecule has 5 rings (SSSR count). The van der Waals surface area contributed by atoms with E-state index in [-0.39, 0.29) is 17.9 Å². The Morgan fingerprint density at radius 3 is 2.35 bits per heavy atom. The van der Waals surface area contributed by atoms with E-state index in [1.807, 2.05) is 42.6 Å². The number of carbonyl (C=O) groups excluding carboxylic acids is 1. The molecule has 1 amide bonds. The number of hydrogen-bond donors (Lipinski definition) is 3. The monoisotopic (exact) mass is 623 g/mol. The lowest BCUT2D eigenvalue weighted by Crippen LogP contribution is -2.32.